The number of hydrogen-bond donors (Lipinski definition) is 2. The minimum Gasteiger partial charge on any atom is -0.369 e. The van der Waals surface area contributed by atoms with Gasteiger partial charge in [0.15, 0.2) is 0 Å². The van der Waals surface area contributed by atoms with Gasteiger partial charge in [-0.1, -0.05) is 13.3 Å². The van der Waals surface area contributed by atoms with Crippen molar-refractivity contribution in [2.24, 2.45) is 5.92 Å². The van der Waals surface area contributed by atoms with Crippen molar-refractivity contribution in [3.8, 4) is 0 Å². The first-order valence-corrected chi connectivity index (χ1v) is 7.02. The SMILES string of the molecule is CCC1CCC2(CC1)Nc1cc(F)ccc1NC2=O. The van der Waals surface area contributed by atoms with Gasteiger partial charge in [-0.25, -0.2) is 4.39 Å². The minimum atomic E-state index is -0.535. The van der Waals surface area contributed by atoms with Crippen LogP contribution in [0.5, 0.6) is 0 Å². The lowest BCUT2D eigenvalue weighted by Gasteiger charge is -2.43. The molecular weight excluding hydrogens is 243 g/mol. The lowest BCUT2D eigenvalue weighted by atomic mass is 9.74. The zero-order chi connectivity index (χ0) is 13.5. The molecule has 0 unspecified atom stereocenters. The van der Waals surface area contributed by atoms with Crippen LogP contribution in [0.4, 0.5) is 15.8 Å². The van der Waals surface area contributed by atoms with Gasteiger partial charge in [0.05, 0.1) is 11.4 Å². The summed E-state index contributed by atoms with van der Waals surface area (Å²) in [7, 11) is 0. The van der Waals surface area contributed by atoms with Crippen molar-refractivity contribution in [1.82, 2.24) is 0 Å². The van der Waals surface area contributed by atoms with Crippen molar-refractivity contribution < 1.29 is 9.18 Å². The van der Waals surface area contributed by atoms with E-state index in [0.717, 1.165) is 25.7 Å². The minimum absolute atomic E-state index is 0.0289. The molecule has 0 atom stereocenters. The first-order valence-electron chi connectivity index (χ1n) is 7.02. The van der Waals surface area contributed by atoms with Gasteiger partial charge >= 0.3 is 0 Å². The predicted octanol–water partition coefficient (Wildman–Crippen LogP) is 3.53. The second kappa shape index (κ2) is 4.51. The number of hydrogen-bond acceptors (Lipinski definition) is 2. The van der Waals surface area contributed by atoms with Gasteiger partial charge < -0.3 is 10.6 Å². The molecule has 1 aliphatic heterocycles. The standard InChI is InChI=1S/C15H19FN2O/c1-2-10-5-7-15(8-6-10)14(19)17-12-4-3-11(16)9-13(12)18-15/h3-4,9-10,18H,2,5-8H2,1H3,(H,17,19). The van der Waals surface area contributed by atoms with Crippen molar-refractivity contribution in [2.75, 3.05) is 10.6 Å². The molecule has 1 aromatic rings. The maximum Gasteiger partial charge on any atom is 0.250 e. The first-order chi connectivity index (χ1) is 9.13. The Labute approximate surface area is 112 Å². The van der Waals surface area contributed by atoms with E-state index in [1.54, 1.807) is 6.07 Å². The molecule has 1 aliphatic carbocycles. The highest BCUT2D eigenvalue weighted by molar-refractivity contribution is 6.06. The third-order valence-electron chi connectivity index (χ3n) is 4.57. The summed E-state index contributed by atoms with van der Waals surface area (Å²) in [5, 5.41) is 6.21. The number of carbonyl (C=O) groups is 1. The Morgan fingerprint density at radius 2 is 2.05 bits per heavy atom. The normalized spacial score (nSPS) is 29.6. The number of benzene rings is 1. The highest BCUT2D eigenvalue weighted by atomic mass is 19.1. The molecule has 1 amide bonds. The molecule has 0 saturated heterocycles. The molecule has 1 heterocycles. The van der Waals surface area contributed by atoms with Gasteiger partial charge in [0.1, 0.15) is 11.4 Å². The van der Waals surface area contributed by atoms with Crippen LogP contribution in [0.2, 0.25) is 0 Å². The number of fused-ring (bicyclic) bond motifs is 1. The molecule has 102 valence electrons. The van der Waals surface area contributed by atoms with E-state index in [1.807, 2.05) is 0 Å². The topological polar surface area (TPSA) is 41.1 Å². The number of anilines is 2. The van der Waals surface area contributed by atoms with Crippen molar-refractivity contribution in [3.05, 3.63) is 24.0 Å². The van der Waals surface area contributed by atoms with Crippen LogP contribution in [-0.2, 0) is 4.79 Å². The lowest BCUT2D eigenvalue weighted by Crippen LogP contribution is -2.54. The summed E-state index contributed by atoms with van der Waals surface area (Å²) in [6, 6.07) is 4.44. The summed E-state index contributed by atoms with van der Waals surface area (Å²) >= 11 is 0. The summed E-state index contributed by atoms with van der Waals surface area (Å²) in [6.45, 7) is 2.20. The maximum atomic E-state index is 13.3. The summed E-state index contributed by atoms with van der Waals surface area (Å²) < 4.78 is 13.3. The Kier molecular flexibility index (Phi) is 2.96. The van der Waals surface area contributed by atoms with Crippen molar-refractivity contribution in [1.29, 1.82) is 0 Å². The number of halogens is 1. The number of carbonyl (C=O) groups excluding carboxylic acids is 1. The zero-order valence-electron chi connectivity index (χ0n) is 11.1. The molecule has 3 rings (SSSR count). The van der Waals surface area contributed by atoms with Crippen molar-refractivity contribution >= 4 is 17.3 Å². The van der Waals surface area contributed by atoms with Crippen LogP contribution in [0.15, 0.2) is 18.2 Å². The van der Waals surface area contributed by atoms with Crippen LogP contribution in [0.3, 0.4) is 0 Å². The molecule has 3 nitrogen and oxygen atoms in total. The third-order valence-corrected chi connectivity index (χ3v) is 4.57. The van der Waals surface area contributed by atoms with Crippen molar-refractivity contribution in [2.45, 2.75) is 44.6 Å². The Morgan fingerprint density at radius 1 is 1.32 bits per heavy atom. The molecule has 1 aromatic carbocycles. The molecule has 2 N–H and O–H groups in total. The fourth-order valence-corrected chi connectivity index (χ4v) is 3.22. The van der Waals surface area contributed by atoms with E-state index < -0.39 is 5.54 Å². The Hall–Kier alpha value is -1.58. The monoisotopic (exact) mass is 262 g/mol. The first kappa shape index (κ1) is 12.5. The maximum absolute atomic E-state index is 13.3. The Morgan fingerprint density at radius 3 is 2.74 bits per heavy atom. The van der Waals surface area contributed by atoms with Gasteiger partial charge in [-0.05, 0) is 49.8 Å². The van der Waals surface area contributed by atoms with Crippen LogP contribution in [0, 0.1) is 11.7 Å². The van der Waals surface area contributed by atoms with Gasteiger partial charge in [0.2, 0.25) is 5.91 Å². The van der Waals surface area contributed by atoms with Crippen LogP contribution >= 0.6 is 0 Å². The van der Waals surface area contributed by atoms with E-state index in [9.17, 15) is 9.18 Å². The van der Waals surface area contributed by atoms with Gasteiger partial charge in [-0.2, -0.15) is 0 Å². The molecule has 0 bridgehead atoms. The predicted molar refractivity (Wildman–Crippen MR) is 73.6 cm³/mol. The summed E-state index contributed by atoms with van der Waals surface area (Å²) in [5.41, 5.74) is 0.844. The molecule has 0 radical (unpaired) electrons. The molecule has 0 aromatic heterocycles. The fourth-order valence-electron chi connectivity index (χ4n) is 3.22. The van der Waals surface area contributed by atoms with Crippen molar-refractivity contribution in [3.63, 3.8) is 0 Å². The molecular formula is C15H19FN2O. The highest BCUT2D eigenvalue weighted by Crippen LogP contribution is 2.41. The lowest BCUT2D eigenvalue weighted by molar-refractivity contribution is -0.121. The van der Waals surface area contributed by atoms with E-state index in [0.29, 0.717) is 17.3 Å². The Balaban J connectivity index is 1.87. The average Bonchev–Trinajstić information content (AvgIpc) is 2.41. The number of nitrogens with one attached hydrogen (secondary N) is 2. The largest absolute Gasteiger partial charge is 0.369 e. The van der Waals surface area contributed by atoms with Gasteiger partial charge in [0, 0.05) is 0 Å². The van der Waals surface area contributed by atoms with Gasteiger partial charge in [0.25, 0.3) is 0 Å². The molecule has 1 spiro atoms. The van der Waals surface area contributed by atoms with E-state index in [4.69, 9.17) is 0 Å². The summed E-state index contributed by atoms with van der Waals surface area (Å²) in [5.74, 6) is 0.468. The van der Waals surface area contributed by atoms with Gasteiger partial charge in [-0.15, -0.1) is 0 Å². The third kappa shape index (κ3) is 2.09. The van der Waals surface area contributed by atoms with E-state index >= 15 is 0 Å². The van der Waals surface area contributed by atoms with E-state index in [-0.39, 0.29) is 11.7 Å². The highest BCUT2D eigenvalue weighted by Gasteiger charge is 2.44. The molecule has 2 aliphatic rings. The second-order valence-corrected chi connectivity index (χ2v) is 5.70. The van der Waals surface area contributed by atoms with Crippen LogP contribution < -0.4 is 10.6 Å². The van der Waals surface area contributed by atoms with Crippen LogP contribution in [0.1, 0.15) is 39.0 Å². The molecule has 4 heteroatoms. The zero-order valence-corrected chi connectivity index (χ0v) is 11.1. The molecule has 1 fully saturated rings. The second-order valence-electron chi connectivity index (χ2n) is 5.70. The quantitative estimate of drug-likeness (QED) is 0.813. The Bertz CT molecular complexity index is 507. The number of rotatable bonds is 1. The average molecular weight is 262 g/mol. The fraction of sp³-hybridized carbons (Fsp3) is 0.533. The smallest absolute Gasteiger partial charge is 0.250 e. The van der Waals surface area contributed by atoms with E-state index in [1.165, 1.54) is 18.6 Å². The van der Waals surface area contributed by atoms with E-state index in [2.05, 4.69) is 17.6 Å². The summed E-state index contributed by atoms with van der Waals surface area (Å²) in [4.78, 5) is 12.3. The van der Waals surface area contributed by atoms with Gasteiger partial charge in [-0.3, -0.25) is 4.79 Å². The van der Waals surface area contributed by atoms with Crippen LogP contribution in [0.25, 0.3) is 0 Å². The number of amides is 1. The van der Waals surface area contributed by atoms with Crippen LogP contribution in [-0.4, -0.2) is 11.4 Å². The molecule has 1 saturated carbocycles. The summed E-state index contributed by atoms with van der Waals surface area (Å²) in [6.07, 6.45) is 4.94. The molecule has 19 heavy (non-hydrogen) atoms.